The fraction of sp³-hybridized carbons (Fsp3) is 0.936. The molecule has 0 aliphatic heterocycles. The molecule has 0 saturated carbocycles. The van der Waals surface area contributed by atoms with Gasteiger partial charge in [0.05, 0.1) is 0 Å². The van der Waals surface area contributed by atoms with E-state index in [0.717, 1.165) is 69.6 Å². The summed E-state index contributed by atoms with van der Waals surface area (Å²) in [7, 11) is 0. The molecule has 0 unspecified atom stereocenters. The van der Waals surface area contributed by atoms with Crippen molar-refractivity contribution in [3.05, 3.63) is 0 Å². The molecule has 6 nitrogen and oxygen atoms in total. The number of hydrogen-bond donors (Lipinski definition) is 0. The van der Waals surface area contributed by atoms with Crippen molar-refractivity contribution in [3.63, 3.8) is 0 Å². The lowest BCUT2D eigenvalue weighted by Crippen LogP contribution is -2.30. The highest BCUT2D eigenvalue weighted by Crippen LogP contribution is 2.16. The average molecular weight is 751 g/mol. The Bertz CT molecular complexity index is 809. The summed E-state index contributed by atoms with van der Waals surface area (Å²) in [6, 6.07) is 0. The third-order valence-electron chi connectivity index (χ3n) is 10.5. The first-order valence-corrected chi connectivity index (χ1v) is 23.2. The van der Waals surface area contributed by atoms with Crippen molar-refractivity contribution in [2.45, 2.75) is 259 Å². The first-order valence-electron chi connectivity index (χ1n) is 23.2. The van der Waals surface area contributed by atoms with Crippen molar-refractivity contribution in [1.29, 1.82) is 0 Å². The zero-order chi connectivity index (χ0) is 39.0. The highest BCUT2D eigenvalue weighted by Gasteiger charge is 2.19. The predicted octanol–water partition coefficient (Wildman–Crippen LogP) is 14.6. The Morgan fingerprint density at radius 2 is 0.623 bits per heavy atom. The monoisotopic (exact) mass is 751 g/mol. The Balaban J connectivity index is 4.31. The zero-order valence-electron chi connectivity index (χ0n) is 36.1. The van der Waals surface area contributed by atoms with E-state index in [2.05, 4.69) is 34.6 Å². The van der Waals surface area contributed by atoms with E-state index in [1.807, 2.05) is 0 Å². The van der Waals surface area contributed by atoms with E-state index in [0.29, 0.717) is 19.3 Å². The van der Waals surface area contributed by atoms with Gasteiger partial charge >= 0.3 is 17.9 Å². The molecule has 0 fully saturated rings. The lowest BCUT2D eigenvalue weighted by Gasteiger charge is -2.18. The number of unbranched alkanes of at least 4 members (excludes halogenated alkanes) is 26. The molecule has 314 valence electrons. The van der Waals surface area contributed by atoms with Crippen LogP contribution >= 0.6 is 0 Å². The van der Waals surface area contributed by atoms with Crippen LogP contribution < -0.4 is 0 Å². The van der Waals surface area contributed by atoms with Crippen LogP contribution in [0.3, 0.4) is 0 Å². The number of carbonyl (C=O) groups excluding carboxylic acids is 3. The van der Waals surface area contributed by atoms with E-state index < -0.39 is 6.10 Å². The van der Waals surface area contributed by atoms with Crippen molar-refractivity contribution >= 4 is 17.9 Å². The smallest absolute Gasteiger partial charge is 0.306 e. The fourth-order valence-corrected chi connectivity index (χ4v) is 6.93. The molecule has 0 aromatic heterocycles. The van der Waals surface area contributed by atoms with Gasteiger partial charge in [0.15, 0.2) is 6.10 Å². The van der Waals surface area contributed by atoms with Gasteiger partial charge in [0, 0.05) is 19.3 Å². The van der Waals surface area contributed by atoms with Gasteiger partial charge in [-0.3, -0.25) is 14.4 Å². The second-order valence-electron chi connectivity index (χ2n) is 17.0. The summed E-state index contributed by atoms with van der Waals surface area (Å²) in [6.45, 7) is 11.3. The van der Waals surface area contributed by atoms with Crippen molar-refractivity contribution < 1.29 is 28.6 Å². The summed E-state index contributed by atoms with van der Waals surface area (Å²) in [4.78, 5) is 37.7. The molecule has 0 N–H and O–H groups in total. The first-order chi connectivity index (χ1) is 25.7. The van der Waals surface area contributed by atoms with Gasteiger partial charge in [-0.1, -0.05) is 214 Å². The molecule has 0 saturated heterocycles. The van der Waals surface area contributed by atoms with E-state index in [9.17, 15) is 14.4 Å². The first kappa shape index (κ1) is 51.4. The molecule has 53 heavy (non-hydrogen) atoms. The Morgan fingerprint density at radius 1 is 0.358 bits per heavy atom. The van der Waals surface area contributed by atoms with Gasteiger partial charge in [-0.15, -0.1) is 0 Å². The molecule has 0 heterocycles. The largest absolute Gasteiger partial charge is 0.462 e. The van der Waals surface area contributed by atoms with E-state index in [4.69, 9.17) is 14.2 Å². The maximum atomic E-state index is 12.7. The van der Waals surface area contributed by atoms with E-state index in [1.165, 1.54) is 141 Å². The molecule has 0 aromatic carbocycles. The van der Waals surface area contributed by atoms with Gasteiger partial charge in [-0.05, 0) is 31.1 Å². The summed E-state index contributed by atoms with van der Waals surface area (Å²) >= 11 is 0. The highest BCUT2D eigenvalue weighted by atomic mass is 16.6. The van der Waals surface area contributed by atoms with E-state index >= 15 is 0 Å². The maximum absolute atomic E-state index is 12.7. The van der Waals surface area contributed by atoms with Gasteiger partial charge in [0.1, 0.15) is 13.2 Å². The third kappa shape index (κ3) is 41.4. The second-order valence-corrected chi connectivity index (χ2v) is 17.0. The van der Waals surface area contributed by atoms with Crippen LogP contribution in [0.25, 0.3) is 0 Å². The van der Waals surface area contributed by atoms with E-state index in [1.54, 1.807) is 0 Å². The molecule has 0 amide bonds. The third-order valence-corrected chi connectivity index (χ3v) is 10.5. The average Bonchev–Trinajstić information content (AvgIpc) is 3.12. The maximum Gasteiger partial charge on any atom is 0.306 e. The fourth-order valence-electron chi connectivity index (χ4n) is 6.93. The quantitative estimate of drug-likeness (QED) is 0.0352. The van der Waals surface area contributed by atoms with Crippen LogP contribution in [0.5, 0.6) is 0 Å². The molecule has 0 spiro atoms. The minimum Gasteiger partial charge on any atom is -0.462 e. The normalized spacial score (nSPS) is 12.1. The topological polar surface area (TPSA) is 78.9 Å². The van der Waals surface area contributed by atoms with Gasteiger partial charge < -0.3 is 14.2 Å². The Labute approximate surface area is 329 Å². The lowest BCUT2D eigenvalue weighted by molar-refractivity contribution is -0.167. The molecule has 0 rings (SSSR count). The van der Waals surface area contributed by atoms with Crippen molar-refractivity contribution in [2.75, 3.05) is 13.2 Å². The molecule has 0 aliphatic carbocycles. The summed E-state index contributed by atoms with van der Waals surface area (Å²) in [6.07, 6.45) is 38.1. The predicted molar refractivity (Wildman–Crippen MR) is 224 cm³/mol. The van der Waals surface area contributed by atoms with Gasteiger partial charge in [0.2, 0.25) is 0 Å². The summed E-state index contributed by atoms with van der Waals surface area (Å²) in [5.41, 5.74) is 0. The van der Waals surface area contributed by atoms with Crippen LogP contribution in [0.4, 0.5) is 0 Å². The van der Waals surface area contributed by atoms with Crippen molar-refractivity contribution in [2.24, 2.45) is 11.8 Å². The van der Waals surface area contributed by atoms with Crippen LogP contribution in [0, 0.1) is 11.8 Å². The van der Waals surface area contributed by atoms with Crippen molar-refractivity contribution in [3.8, 4) is 0 Å². The van der Waals surface area contributed by atoms with Crippen LogP contribution in [-0.4, -0.2) is 37.2 Å². The van der Waals surface area contributed by atoms with Crippen LogP contribution in [-0.2, 0) is 28.6 Å². The molecular formula is C47H90O6. The number of esters is 3. The number of rotatable bonds is 41. The number of carbonyl (C=O) groups is 3. The highest BCUT2D eigenvalue weighted by molar-refractivity contribution is 5.71. The Hall–Kier alpha value is -1.59. The summed E-state index contributed by atoms with van der Waals surface area (Å²) in [5, 5.41) is 0. The molecule has 6 heteroatoms. The molecule has 0 aliphatic rings. The summed E-state index contributed by atoms with van der Waals surface area (Å²) in [5.74, 6) is 0.745. The summed E-state index contributed by atoms with van der Waals surface area (Å²) < 4.78 is 16.7. The van der Waals surface area contributed by atoms with Gasteiger partial charge in [-0.2, -0.15) is 0 Å². The van der Waals surface area contributed by atoms with Gasteiger partial charge in [0.25, 0.3) is 0 Å². The molecule has 1 atom stereocenters. The second kappa shape index (κ2) is 40.1. The standard InChI is InChI=1S/C47H90O6/c1-6-7-8-9-10-11-13-17-22-27-32-37-45(48)51-40-44(53-47(50)39-34-29-24-19-21-26-31-36-43(4)5)41-52-46(49)38-33-28-23-18-15-12-14-16-20-25-30-35-42(2)3/h42-44H,6-41H2,1-5H3/t44-/m1/s1. The number of ether oxygens (including phenoxy) is 3. The van der Waals surface area contributed by atoms with Crippen LogP contribution in [0.2, 0.25) is 0 Å². The minimum absolute atomic E-state index is 0.0653. The molecule has 0 aromatic rings. The Morgan fingerprint density at radius 3 is 0.925 bits per heavy atom. The molecule has 0 radical (unpaired) electrons. The van der Waals surface area contributed by atoms with Crippen LogP contribution in [0.1, 0.15) is 253 Å². The lowest BCUT2D eigenvalue weighted by atomic mass is 10.0. The van der Waals surface area contributed by atoms with Crippen LogP contribution in [0.15, 0.2) is 0 Å². The Kier molecular flexibility index (Phi) is 38.9. The number of hydrogen-bond acceptors (Lipinski definition) is 6. The zero-order valence-corrected chi connectivity index (χ0v) is 36.1. The SMILES string of the molecule is CCCCCCCCCCCCCC(=O)OC[C@H](COC(=O)CCCCCCCCCCCCCC(C)C)OC(=O)CCCCCCCCCC(C)C. The van der Waals surface area contributed by atoms with Gasteiger partial charge in [-0.25, -0.2) is 0 Å². The molecule has 0 bridgehead atoms. The minimum atomic E-state index is -0.760. The van der Waals surface area contributed by atoms with E-state index in [-0.39, 0.29) is 31.1 Å². The molecular weight excluding hydrogens is 661 g/mol. The van der Waals surface area contributed by atoms with Crippen molar-refractivity contribution in [1.82, 2.24) is 0 Å².